The smallest absolute Gasteiger partial charge is 0.0543 e. The fourth-order valence-corrected chi connectivity index (χ4v) is 8.23. The highest BCUT2D eigenvalue weighted by Gasteiger charge is 2.45. The fraction of sp³-hybridized carbons (Fsp3) is 0.214. The first kappa shape index (κ1) is 19.2. The van der Waals surface area contributed by atoms with E-state index in [2.05, 4.69) is 129 Å². The molecule has 0 N–H and O–H groups in total. The first-order valence-corrected chi connectivity index (χ1v) is 12.6. The Kier molecular flexibility index (Phi) is 3.47. The van der Waals surface area contributed by atoms with Gasteiger partial charge in [-0.25, -0.2) is 0 Å². The molecule has 0 unspecified atom stereocenters. The zero-order valence-electron chi connectivity index (χ0n) is 18.4. The Hall–Kier alpha value is -2.30. The topological polar surface area (TPSA) is 9.86 Å². The van der Waals surface area contributed by atoms with Crippen molar-refractivity contribution in [3.8, 4) is 11.4 Å². The highest BCUT2D eigenvalue weighted by molar-refractivity contribution is 9.11. The van der Waals surface area contributed by atoms with Crippen molar-refractivity contribution in [2.24, 2.45) is 0 Å². The molecule has 0 atom stereocenters. The van der Waals surface area contributed by atoms with Gasteiger partial charge in [0.15, 0.2) is 0 Å². The summed E-state index contributed by atoms with van der Waals surface area (Å²) >= 11 is 7.91. The quantitative estimate of drug-likeness (QED) is 0.185. The molecule has 7 rings (SSSR count). The summed E-state index contributed by atoms with van der Waals surface area (Å²) in [5.74, 6) is 0. The van der Waals surface area contributed by atoms with Crippen LogP contribution in [0, 0.1) is 0 Å². The molecule has 0 fully saturated rings. The number of hydrogen-bond donors (Lipinski definition) is 0. The first-order chi connectivity index (χ1) is 15.2. The Bertz CT molecular complexity index is 1520. The van der Waals surface area contributed by atoms with Crippen LogP contribution in [0.15, 0.2) is 69.6 Å². The van der Waals surface area contributed by atoms with Gasteiger partial charge >= 0.3 is 0 Å². The summed E-state index contributed by atoms with van der Waals surface area (Å²) in [5, 5.41) is 2.56. The predicted octanol–water partition coefficient (Wildman–Crippen LogP) is 8.38. The summed E-state index contributed by atoms with van der Waals surface area (Å²) in [6, 6.07) is 22.3. The molecule has 0 aliphatic carbocycles. The van der Waals surface area contributed by atoms with Crippen molar-refractivity contribution in [1.82, 2.24) is 9.13 Å². The van der Waals surface area contributed by atoms with E-state index in [-0.39, 0.29) is 10.8 Å². The second-order valence-corrected chi connectivity index (χ2v) is 11.8. The predicted molar refractivity (Wildman–Crippen MR) is 140 cm³/mol. The van der Waals surface area contributed by atoms with Crippen molar-refractivity contribution in [3.05, 3.63) is 92.1 Å². The lowest BCUT2D eigenvalue weighted by molar-refractivity contribution is 0.639. The van der Waals surface area contributed by atoms with Crippen LogP contribution in [-0.2, 0) is 10.8 Å². The van der Waals surface area contributed by atoms with E-state index in [0.717, 1.165) is 0 Å². The Morgan fingerprint density at radius 1 is 0.594 bits per heavy atom. The first-order valence-electron chi connectivity index (χ1n) is 11.0. The number of aromatic nitrogens is 2. The van der Waals surface area contributed by atoms with Gasteiger partial charge in [-0.3, -0.25) is 0 Å². The molecule has 0 spiro atoms. The van der Waals surface area contributed by atoms with Crippen molar-refractivity contribution in [3.63, 3.8) is 0 Å². The van der Waals surface area contributed by atoms with Crippen LogP contribution in [0.3, 0.4) is 0 Å². The van der Waals surface area contributed by atoms with Crippen molar-refractivity contribution in [2.75, 3.05) is 0 Å². The van der Waals surface area contributed by atoms with Crippen molar-refractivity contribution in [1.29, 1.82) is 0 Å². The largest absolute Gasteiger partial charge is 0.311 e. The highest BCUT2D eigenvalue weighted by Crippen LogP contribution is 2.56. The minimum absolute atomic E-state index is 0.102. The molecule has 2 aliphatic rings. The molecule has 32 heavy (non-hydrogen) atoms. The van der Waals surface area contributed by atoms with Crippen LogP contribution in [-0.4, -0.2) is 9.13 Å². The third kappa shape index (κ3) is 1.99. The second kappa shape index (κ2) is 5.78. The molecule has 4 heteroatoms. The Morgan fingerprint density at radius 3 is 1.38 bits per heavy atom. The van der Waals surface area contributed by atoms with Gasteiger partial charge in [0.2, 0.25) is 0 Å². The van der Waals surface area contributed by atoms with E-state index in [1.165, 1.54) is 64.6 Å². The van der Waals surface area contributed by atoms with Gasteiger partial charge in [0.05, 0.1) is 22.4 Å². The van der Waals surface area contributed by atoms with Gasteiger partial charge in [0.25, 0.3) is 0 Å². The Balaban J connectivity index is 1.62. The van der Waals surface area contributed by atoms with E-state index in [0.29, 0.717) is 0 Å². The number of benzene rings is 3. The fourth-order valence-electron chi connectivity index (χ4n) is 6.21. The van der Waals surface area contributed by atoms with Crippen LogP contribution in [0.2, 0.25) is 0 Å². The van der Waals surface area contributed by atoms with Gasteiger partial charge in [-0.05, 0) is 67.3 Å². The van der Waals surface area contributed by atoms with Gasteiger partial charge in [0, 0.05) is 41.9 Å². The third-order valence-electron chi connectivity index (χ3n) is 7.75. The van der Waals surface area contributed by atoms with Crippen LogP contribution >= 0.6 is 31.9 Å². The van der Waals surface area contributed by atoms with E-state index in [1.807, 2.05) is 0 Å². The number of nitrogens with zero attached hydrogens (tertiary/aromatic N) is 2. The molecular weight excluding hydrogens is 524 g/mol. The molecular formula is C28H22Br2N2. The molecule has 2 aromatic heterocycles. The SMILES string of the molecule is CC1(C)c2cc3c(cc2-n2c1c(Br)c1ccccc12)C(C)(C)c1c(Br)c2ccccc2n1-3. The Morgan fingerprint density at radius 2 is 0.969 bits per heavy atom. The molecule has 2 aliphatic heterocycles. The molecule has 5 aromatic rings. The van der Waals surface area contributed by atoms with Gasteiger partial charge < -0.3 is 9.13 Å². The maximum absolute atomic E-state index is 3.96. The van der Waals surface area contributed by atoms with Crippen LogP contribution in [0.1, 0.15) is 50.2 Å². The zero-order chi connectivity index (χ0) is 22.2. The van der Waals surface area contributed by atoms with Crippen LogP contribution < -0.4 is 0 Å². The van der Waals surface area contributed by atoms with Gasteiger partial charge in [-0.15, -0.1) is 0 Å². The summed E-state index contributed by atoms with van der Waals surface area (Å²) in [6.45, 7) is 9.41. The number of fused-ring (bicyclic) bond motifs is 10. The summed E-state index contributed by atoms with van der Waals surface area (Å²) < 4.78 is 7.38. The molecule has 3 aromatic carbocycles. The highest BCUT2D eigenvalue weighted by atomic mass is 79.9. The molecule has 0 radical (unpaired) electrons. The van der Waals surface area contributed by atoms with Gasteiger partial charge in [-0.1, -0.05) is 64.1 Å². The van der Waals surface area contributed by atoms with Crippen LogP contribution in [0.25, 0.3) is 33.2 Å². The van der Waals surface area contributed by atoms with E-state index >= 15 is 0 Å². The van der Waals surface area contributed by atoms with Crippen molar-refractivity contribution < 1.29 is 0 Å². The second-order valence-electron chi connectivity index (χ2n) is 10.2. The van der Waals surface area contributed by atoms with E-state index in [9.17, 15) is 0 Å². The molecule has 0 bridgehead atoms. The molecule has 0 saturated heterocycles. The summed E-state index contributed by atoms with van der Waals surface area (Å²) in [6.07, 6.45) is 0. The summed E-state index contributed by atoms with van der Waals surface area (Å²) in [4.78, 5) is 0. The normalized spacial score (nSPS) is 16.9. The molecule has 0 amide bonds. The standard InChI is InChI=1S/C28H22Br2N2/c1-27(2)17-13-22-18(14-21(17)31-19-11-7-5-9-15(19)23(29)25(27)31)28(3,4)26-24(30)16-10-6-8-12-20(16)32(22)26/h5-14H,1-4H3. The maximum atomic E-state index is 3.96. The zero-order valence-corrected chi connectivity index (χ0v) is 21.6. The van der Waals surface area contributed by atoms with E-state index in [4.69, 9.17) is 0 Å². The lowest BCUT2D eigenvalue weighted by Gasteiger charge is -2.23. The summed E-state index contributed by atoms with van der Waals surface area (Å²) in [7, 11) is 0. The molecule has 0 saturated carbocycles. The number of hydrogen-bond acceptors (Lipinski definition) is 0. The number of halogens is 2. The molecule has 2 nitrogen and oxygen atoms in total. The third-order valence-corrected chi connectivity index (χ3v) is 9.36. The van der Waals surface area contributed by atoms with Gasteiger partial charge in [0.1, 0.15) is 0 Å². The summed E-state index contributed by atoms with van der Waals surface area (Å²) in [5.41, 5.74) is 10.4. The monoisotopic (exact) mass is 544 g/mol. The average Bonchev–Trinajstić information content (AvgIpc) is 3.40. The lowest BCUT2D eigenvalue weighted by Crippen LogP contribution is -2.17. The van der Waals surface area contributed by atoms with E-state index < -0.39 is 0 Å². The number of para-hydroxylation sites is 2. The van der Waals surface area contributed by atoms with Crippen molar-refractivity contribution >= 4 is 53.7 Å². The minimum atomic E-state index is -0.102. The maximum Gasteiger partial charge on any atom is 0.0543 e. The number of rotatable bonds is 0. The van der Waals surface area contributed by atoms with Crippen LogP contribution in [0.4, 0.5) is 0 Å². The van der Waals surface area contributed by atoms with E-state index in [1.54, 1.807) is 0 Å². The Labute approximate surface area is 204 Å². The molecule has 4 heterocycles. The van der Waals surface area contributed by atoms with Crippen LogP contribution in [0.5, 0.6) is 0 Å². The van der Waals surface area contributed by atoms with Gasteiger partial charge in [-0.2, -0.15) is 0 Å². The minimum Gasteiger partial charge on any atom is -0.311 e. The lowest BCUT2D eigenvalue weighted by atomic mass is 9.79. The van der Waals surface area contributed by atoms with Crippen molar-refractivity contribution in [2.45, 2.75) is 38.5 Å². The average molecular weight is 546 g/mol. The molecule has 158 valence electrons.